The molecule has 164 valence electrons. The molecule has 0 bridgehead atoms. The summed E-state index contributed by atoms with van der Waals surface area (Å²) in [6.45, 7) is 4.45. The maximum atomic E-state index is 12.9. The fourth-order valence-electron chi connectivity index (χ4n) is 2.82. The van der Waals surface area contributed by atoms with Crippen molar-refractivity contribution < 1.29 is 18.0 Å². The Morgan fingerprint density at radius 1 is 1.10 bits per heavy atom. The number of nitrogens with one attached hydrogen (secondary N) is 2. The summed E-state index contributed by atoms with van der Waals surface area (Å²) in [5.41, 5.74) is 0.331. The van der Waals surface area contributed by atoms with Gasteiger partial charge < -0.3 is 15.2 Å². The lowest BCUT2D eigenvalue weighted by Crippen LogP contribution is -2.23. The van der Waals surface area contributed by atoms with Gasteiger partial charge in [0.2, 0.25) is 5.91 Å². The van der Waals surface area contributed by atoms with Gasteiger partial charge in [0.05, 0.1) is 17.4 Å². The zero-order valence-corrected chi connectivity index (χ0v) is 17.8. The molecule has 0 aliphatic rings. The number of aromatic nitrogens is 3. The van der Waals surface area contributed by atoms with Gasteiger partial charge in [0.25, 0.3) is 0 Å². The number of carbonyl (C=O) groups is 1. The van der Waals surface area contributed by atoms with Gasteiger partial charge in [-0.3, -0.25) is 4.79 Å². The van der Waals surface area contributed by atoms with E-state index >= 15 is 0 Å². The van der Waals surface area contributed by atoms with Crippen LogP contribution in [0.15, 0.2) is 59.8 Å². The van der Waals surface area contributed by atoms with Crippen LogP contribution in [0.4, 0.5) is 24.5 Å². The van der Waals surface area contributed by atoms with Crippen molar-refractivity contribution in [2.24, 2.45) is 0 Å². The van der Waals surface area contributed by atoms with Gasteiger partial charge in [0.1, 0.15) is 0 Å². The molecule has 3 rings (SSSR count). The minimum absolute atomic E-state index is 0.162. The summed E-state index contributed by atoms with van der Waals surface area (Å²) in [6.07, 6.45) is -4.40. The van der Waals surface area contributed by atoms with E-state index in [1.807, 2.05) is 29.7 Å². The first kappa shape index (κ1) is 22.7. The molecule has 0 fully saturated rings. The fraction of sp³-hybridized carbons (Fsp3) is 0.286. The highest BCUT2D eigenvalue weighted by Crippen LogP contribution is 2.31. The third kappa shape index (κ3) is 6.00. The highest BCUT2D eigenvalue weighted by atomic mass is 32.2. The Kier molecular flexibility index (Phi) is 7.21. The zero-order valence-electron chi connectivity index (χ0n) is 17.0. The normalized spacial score (nSPS) is 12.4. The Labute approximate surface area is 182 Å². The lowest BCUT2D eigenvalue weighted by atomic mass is 10.2. The van der Waals surface area contributed by atoms with Crippen molar-refractivity contribution in [2.45, 2.75) is 43.5 Å². The number of amides is 1. The summed E-state index contributed by atoms with van der Waals surface area (Å²) in [6, 6.07) is 14.1. The average Bonchev–Trinajstić information content (AvgIpc) is 3.14. The summed E-state index contributed by atoms with van der Waals surface area (Å²) in [4.78, 5) is 12.5. The predicted molar refractivity (Wildman–Crippen MR) is 115 cm³/mol. The summed E-state index contributed by atoms with van der Waals surface area (Å²) in [5, 5.41) is 14.3. The van der Waals surface area contributed by atoms with E-state index in [0.29, 0.717) is 28.9 Å². The number of thioether (sulfide) groups is 1. The van der Waals surface area contributed by atoms with E-state index in [4.69, 9.17) is 0 Å². The van der Waals surface area contributed by atoms with Crippen LogP contribution < -0.4 is 10.6 Å². The van der Waals surface area contributed by atoms with E-state index in [0.717, 1.165) is 12.1 Å². The highest BCUT2D eigenvalue weighted by Gasteiger charge is 2.30. The molecule has 2 aromatic carbocycles. The second kappa shape index (κ2) is 9.86. The molecule has 1 amide bonds. The van der Waals surface area contributed by atoms with E-state index in [2.05, 4.69) is 20.8 Å². The Hall–Kier alpha value is -3.01. The summed E-state index contributed by atoms with van der Waals surface area (Å²) >= 11 is 1.27. The molecule has 2 N–H and O–H groups in total. The van der Waals surface area contributed by atoms with E-state index in [9.17, 15) is 18.0 Å². The maximum Gasteiger partial charge on any atom is 0.416 e. The molecular formula is C21H22F3N5OS. The number of anilines is 2. The molecule has 0 aliphatic heterocycles. The number of halogens is 3. The molecular weight excluding hydrogens is 427 g/mol. The highest BCUT2D eigenvalue weighted by molar-refractivity contribution is 8.00. The first-order chi connectivity index (χ1) is 14.8. The van der Waals surface area contributed by atoms with Crippen molar-refractivity contribution in [1.29, 1.82) is 0 Å². The summed E-state index contributed by atoms with van der Waals surface area (Å²) < 4.78 is 40.5. The largest absolute Gasteiger partial charge is 0.416 e. The smallest absolute Gasteiger partial charge is 0.378 e. The van der Waals surface area contributed by atoms with E-state index < -0.39 is 17.0 Å². The molecule has 31 heavy (non-hydrogen) atoms. The van der Waals surface area contributed by atoms with Gasteiger partial charge in [0, 0.05) is 17.9 Å². The van der Waals surface area contributed by atoms with Gasteiger partial charge in [-0.1, -0.05) is 36.0 Å². The Bertz CT molecular complexity index is 1020. The molecule has 0 radical (unpaired) electrons. The van der Waals surface area contributed by atoms with Crippen LogP contribution in [0.5, 0.6) is 0 Å². The van der Waals surface area contributed by atoms with Gasteiger partial charge >= 0.3 is 6.18 Å². The first-order valence-corrected chi connectivity index (χ1v) is 10.5. The molecule has 0 unspecified atom stereocenters. The molecule has 1 heterocycles. The Balaban J connectivity index is 1.64. The fourth-order valence-corrected chi connectivity index (χ4v) is 3.75. The van der Waals surface area contributed by atoms with Crippen LogP contribution in [0.25, 0.3) is 0 Å². The van der Waals surface area contributed by atoms with E-state index in [1.165, 1.54) is 17.8 Å². The molecule has 6 nitrogen and oxygen atoms in total. The maximum absolute atomic E-state index is 12.9. The van der Waals surface area contributed by atoms with Crippen LogP contribution in [0.1, 0.15) is 25.2 Å². The molecule has 10 heteroatoms. The molecule has 1 aromatic heterocycles. The second-order valence-corrected chi connectivity index (χ2v) is 8.00. The number of alkyl halides is 3. The van der Waals surface area contributed by atoms with Gasteiger partial charge in [-0.15, -0.1) is 10.2 Å². The molecule has 0 saturated heterocycles. The van der Waals surface area contributed by atoms with E-state index in [-0.39, 0.29) is 12.5 Å². The SMILES string of the molecule is CCn1c(CNc2cccc(C(F)(F)F)c2)nnc1S[C@@H](C)C(=O)Nc1ccccc1. The minimum Gasteiger partial charge on any atom is -0.378 e. The van der Waals surface area contributed by atoms with Crippen molar-refractivity contribution in [3.8, 4) is 0 Å². The average molecular weight is 450 g/mol. The van der Waals surface area contributed by atoms with Crippen molar-refractivity contribution >= 4 is 29.0 Å². The van der Waals surface area contributed by atoms with Gasteiger partial charge in [0.15, 0.2) is 11.0 Å². The van der Waals surface area contributed by atoms with Crippen LogP contribution in [-0.2, 0) is 24.1 Å². The molecule has 3 aromatic rings. The molecule has 0 aliphatic carbocycles. The third-order valence-electron chi connectivity index (χ3n) is 4.44. The standard InChI is InChI=1S/C21H22F3N5OS/c1-3-29-18(13-25-17-11-7-8-15(12-17)21(22,23)24)27-28-20(29)31-14(2)19(30)26-16-9-5-4-6-10-16/h4-12,14,25H,3,13H2,1-2H3,(H,26,30)/t14-/m0/s1. The van der Waals surface area contributed by atoms with Crippen LogP contribution in [0.3, 0.4) is 0 Å². The van der Waals surface area contributed by atoms with Crippen molar-refractivity contribution in [3.63, 3.8) is 0 Å². The van der Waals surface area contributed by atoms with Crippen molar-refractivity contribution in [2.75, 3.05) is 10.6 Å². The van der Waals surface area contributed by atoms with Crippen LogP contribution in [0, 0.1) is 0 Å². The number of nitrogens with zero attached hydrogens (tertiary/aromatic N) is 3. The van der Waals surface area contributed by atoms with Crippen molar-refractivity contribution in [1.82, 2.24) is 14.8 Å². The number of carbonyl (C=O) groups excluding carboxylic acids is 1. The molecule has 0 spiro atoms. The van der Waals surface area contributed by atoms with Gasteiger partial charge in [-0.05, 0) is 44.2 Å². The lowest BCUT2D eigenvalue weighted by Gasteiger charge is -2.13. The van der Waals surface area contributed by atoms with Gasteiger partial charge in [-0.2, -0.15) is 13.2 Å². The molecule has 1 atom stereocenters. The van der Waals surface area contributed by atoms with Crippen LogP contribution >= 0.6 is 11.8 Å². The Morgan fingerprint density at radius 3 is 2.48 bits per heavy atom. The monoisotopic (exact) mass is 449 g/mol. The van der Waals surface area contributed by atoms with Gasteiger partial charge in [-0.25, -0.2) is 0 Å². The molecule has 0 saturated carbocycles. The van der Waals surface area contributed by atoms with Crippen LogP contribution in [-0.4, -0.2) is 25.9 Å². The second-order valence-electron chi connectivity index (χ2n) is 6.69. The van der Waals surface area contributed by atoms with Crippen molar-refractivity contribution in [3.05, 3.63) is 66.0 Å². The number of hydrogen-bond donors (Lipinski definition) is 2. The first-order valence-electron chi connectivity index (χ1n) is 9.63. The number of benzene rings is 2. The lowest BCUT2D eigenvalue weighted by molar-refractivity contribution is -0.137. The third-order valence-corrected chi connectivity index (χ3v) is 5.52. The summed E-state index contributed by atoms with van der Waals surface area (Å²) in [5.74, 6) is 0.406. The van der Waals surface area contributed by atoms with E-state index in [1.54, 1.807) is 25.1 Å². The quantitative estimate of drug-likeness (QED) is 0.471. The number of rotatable bonds is 8. The van der Waals surface area contributed by atoms with Crippen LogP contribution in [0.2, 0.25) is 0 Å². The minimum atomic E-state index is -4.40. The Morgan fingerprint density at radius 2 is 1.81 bits per heavy atom. The number of hydrogen-bond acceptors (Lipinski definition) is 5. The predicted octanol–water partition coefficient (Wildman–Crippen LogP) is 5.05. The zero-order chi connectivity index (χ0) is 22.4. The number of para-hydroxylation sites is 1. The topological polar surface area (TPSA) is 71.8 Å². The summed E-state index contributed by atoms with van der Waals surface area (Å²) in [7, 11) is 0.